The van der Waals surface area contributed by atoms with Crippen LogP contribution in [-0.2, 0) is 6.54 Å². The van der Waals surface area contributed by atoms with Crippen LogP contribution in [0.15, 0.2) is 42.6 Å². The van der Waals surface area contributed by atoms with Gasteiger partial charge in [0, 0.05) is 41.9 Å². The van der Waals surface area contributed by atoms with Gasteiger partial charge < -0.3 is 5.32 Å². The largest absolute Gasteiger partial charge is 0.367 e. The highest BCUT2D eigenvalue weighted by molar-refractivity contribution is 6.34. The topological polar surface area (TPSA) is 28.2 Å². The van der Waals surface area contributed by atoms with Crippen LogP contribution in [0.2, 0.25) is 10.0 Å². The van der Waals surface area contributed by atoms with E-state index in [-0.39, 0.29) is 0 Å². The third kappa shape index (κ3) is 4.35. The van der Waals surface area contributed by atoms with Crippen LogP contribution in [-0.4, -0.2) is 29.0 Å². The van der Waals surface area contributed by atoms with E-state index in [1.165, 1.54) is 5.56 Å². The number of pyridine rings is 1. The summed E-state index contributed by atoms with van der Waals surface area (Å²) in [5.41, 5.74) is 1.17. The molecule has 116 valence electrons. The van der Waals surface area contributed by atoms with Crippen molar-refractivity contribution in [2.24, 2.45) is 0 Å². The molecule has 0 saturated carbocycles. The van der Waals surface area contributed by atoms with E-state index in [2.05, 4.69) is 15.2 Å². The first-order valence-corrected chi connectivity index (χ1v) is 8.29. The maximum Gasteiger partial charge on any atom is 0.126 e. The molecule has 2 aromatic rings. The number of rotatable bonds is 4. The highest BCUT2D eigenvalue weighted by atomic mass is 35.5. The second-order valence-corrected chi connectivity index (χ2v) is 6.56. The Bertz CT molecular complexity index is 590. The van der Waals surface area contributed by atoms with E-state index in [9.17, 15) is 0 Å². The molecule has 0 amide bonds. The fourth-order valence-electron chi connectivity index (χ4n) is 2.85. The molecule has 1 aliphatic rings. The highest BCUT2D eigenvalue weighted by Gasteiger charge is 2.19. The van der Waals surface area contributed by atoms with E-state index in [0.29, 0.717) is 16.1 Å². The summed E-state index contributed by atoms with van der Waals surface area (Å²) in [4.78, 5) is 6.77. The predicted octanol–water partition coefficient (Wildman–Crippen LogP) is 4.46. The minimum Gasteiger partial charge on any atom is -0.367 e. The van der Waals surface area contributed by atoms with Gasteiger partial charge in [0.1, 0.15) is 5.82 Å². The Balaban J connectivity index is 1.51. The van der Waals surface area contributed by atoms with E-state index in [1.54, 1.807) is 6.07 Å². The fraction of sp³-hybridized carbons (Fsp3) is 0.353. The maximum atomic E-state index is 6.06. The molecular formula is C17H19Cl2N3. The normalized spacial score (nSPS) is 16.6. The molecule has 0 bridgehead atoms. The van der Waals surface area contributed by atoms with Crippen molar-refractivity contribution < 1.29 is 0 Å². The number of nitrogens with zero attached hydrogens (tertiary/aromatic N) is 2. The molecule has 0 aliphatic carbocycles. The predicted molar refractivity (Wildman–Crippen MR) is 92.6 cm³/mol. The van der Waals surface area contributed by atoms with Crippen molar-refractivity contribution in [2.75, 3.05) is 18.4 Å². The van der Waals surface area contributed by atoms with Crippen molar-refractivity contribution in [2.45, 2.75) is 25.4 Å². The summed E-state index contributed by atoms with van der Waals surface area (Å²) in [7, 11) is 0. The van der Waals surface area contributed by atoms with Gasteiger partial charge in [-0.05, 0) is 48.7 Å². The number of aromatic nitrogens is 1. The molecule has 1 fully saturated rings. The maximum absolute atomic E-state index is 6.06. The van der Waals surface area contributed by atoms with Gasteiger partial charge in [-0.25, -0.2) is 4.98 Å². The summed E-state index contributed by atoms with van der Waals surface area (Å²) < 4.78 is 0. The van der Waals surface area contributed by atoms with Gasteiger partial charge in [0.25, 0.3) is 0 Å². The van der Waals surface area contributed by atoms with Crippen LogP contribution in [0.4, 0.5) is 5.82 Å². The fourth-order valence-corrected chi connectivity index (χ4v) is 3.42. The molecule has 1 N–H and O–H groups in total. The summed E-state index contributed by atoms with van der Waals surface area (Å²) >= 11 is 12.1. The molecule has 3 nitrogen and oxygen atoms in total. The molecule has 1 aromatic carbocycles. The van der Waals surface area contributed by atoms with Gasteiger partial charge in [-0.15, -0.1) is 0 Å². The molecule has 22 heavy (non-hydrogen) atoms. The van der Waals surface area contributed by atoms with E-state index in [1.807, 2.05) is 36.5 Å². The number of nitrogens with one attached hydrogen (secondary N) is 1. The van der Waals surface area contributed by atoms with Crippen LogP contribution in [0.5, 0.6) is 0 Å². The minimum absolute atomic E-state index is 0.495. The van der Waals surface area contributed by atoms with Crippen LogP contribution in [0.25, 0.3) is 0 Å². The molecule has 0 atom stereocenters. The third-order valence-electron chi connectivity index (χ3n) is 3.93. The lowest BCUT2D eigenvalue weighted by molar-refractivity contribution is 0.211. The Morgan fingerprint density at radius 3 is 2.45 bits per heavy atom. The lowest BCUT2D eigenvalue weighted by Gasteiger charge is -2.32. The average Bonchev–Trinajstić information content (AvgIpc) is 2.49. The molecule has 3 rings (SSSR count). The van der Waals surface area contributed by atoms with Crippen molar-refractivity contribution in [1.82, 2.24) is 9.88 Å². The molecule has 2 heterocycles. The quantitative estimate of drug-likeness (QED) is 0.893. The zero-order chi connectivity index (χ0) is 15.4. The van der Waals surface area contributed by atoms with Gasteiger partial charge in [0.15, 0.2) is 0 Å². The first-order valence-electron chi connectivity index (χ1n) is 7.54. The van der Waals surface area contributed by atoms with Gasteiger partial charge in [-0.2, -0.15) is 0 Å². The smallest absolute Gasteiger partial charge is 0.126 e. The van der Waals surface area contributed by atoms with Crippen LogP contribution in [0, 0.1) is 0 Å². The van der Waals surface area contributed by atoms with Crippen molar-refractivity contribution in [3.63, 3.8) is 0 Å². The Hall–Kier alpha value is -1.29. The SMILES string of the molecule is Clc1cc(Cl)cc(CN2CCC(Nc3ccccn3)CC2)c1. The van der Waals surface area contributed by atoms with E-state index < -0.39 is 0 Å². The first kappa shape index (κ1) is 15.6. The van der Waals surface area contributed by atoms with Gasteiger partial charge in [0.2, 0.25) is 0 Å². The first-order chi connectivity index (χ1) is 10.7. The van der Waals surface area contributed by atoms with E-state index in [0.717, 1.165) is 38.3 Å². The van der Waals surface area contributed by atoms with Gasteiger partial charge >= 0.3 is 0 Å². The lowest BCUT2D eigenvalue weighted by Crippen LogP contribution is -2.38. The molecule has 0 radical (unpaired) electrons. The molecule has 1 saturated heterocycles. The zero-order valence-corrected chi connectivity index (χ0v) is 13.8. The number of benzene rings is 1. The van der Waals surface area contributed by atoms with Crippen LogP contribution >= 0.6 is 23.2 Å². The number of hydrogen-bond acceptors (Lipinski definition) is 3. The standard InChI is InChI=1S/C17H19Cl2N3/c18-14-9-13(10-15(19)11-14)12-22-7-4-16(5-8-22)21-17-3-1-2-6-20-17/h1-3,6,9-11,16H,4-5,7-8,12H2,(H,20,21). The van der Waals surface area contributed by atoms with Crippen LogP contribution < -0.4 is 5.32 Å². The van der Waals surface area contributed by atoms with E-state index in [4.69, 9.17) is 23.2 Å². The second-order valence-electron chi connectivity index (χ2n) is 5.69. The zero-order valence-electron chi connectivity index (χ0n) is 12.3. The molecule has 0 spiro atoms. The Morgan fingerprint density at radius 2 is 1.82 bits per heavy atom. The van der Waals surface area contributed by atoms with Crippen molar-refractivity contribution >= 4 is 29.0 Å². The number of piperidine rings is 1. The van der Waals surface area contributed by atoms with Crippen molar-refractivity contribution in [3.8, 4) is 0 Å². The lowest BCUT2D eigenvalue weighted by atomic mass is 10.0. The molecule has 0 unspecified atom stereocenters. The van der Waals surface area contributed by atoms with Gasteiger partial charge in [-0.1, -0.05) is 29.3 Å². The molecule has 1 aromatic heterocycles. The highest BCUT2D eigenvalue weighted by Crippen LogP contribution is 2.22. The number of likely N-dealkylation sites (tertiary alicyclic amines) is 1. The van der Waals surface area contributed by atoms with Crippen molar-refractivity contribution in [1.29, 1.82) is 0 Å². The summed E-state index contributed by atoms with van der Waals surface area (Å²) in [6, 6.07) is 12.2. The summed E-state index contributed by atoms with van der Waals surface area (Å²) in [5.74, 6) is 0.961. The monoisotopic (exact) mass is 335 g/mol. The van der Waals surface area contributed by atoms with Crippen molar-refractivity contribution in [3.05, 3.63) is 58.2 Å². The number of hydrogen-bond donors (Lipinski definition) is 1. The summed E-state index contributed by atoms with van der Waals surface area (Å²) in [5, 5.41) is 4.91. The summed E-state index contributed by atoms with van der Waals surface area (Å²) in [6.07, 6.45) is 4.05. The molecule has 1 aliphatic heterocycles. The number of anilines is 1. The van der Waals surface area contributed by atoms with Crippen LogP contribution in [0.3, 0.4) is 0 Å². The van der Waals surface area contributed by atoms with Gasteiger partial charge in [0.05, 0.1) is 0 Å². The van der Waals surface area contributed by atoms with E-state index >= 15 is 0 Å². The minimum atomic E-state index is 0.495. The van der Waals surface area contributed by atoms with Gasteiger partial charge in [-0.3, -0.25) is 4.90 Å². The average molecular weight is 336 g/mol. The molecule has 5 heteroatoms. The van der Waals surface area contributed by atoms with Crippen LogP contribution in [0.1, 0.15) is 18.4 Å². The Kier molecular flexibility index (Phi) is 5.19. The second kappa shape index (κ2) is 7.32. The Labute approximate surface area is 141 Å². The Morgan fingerprint density at radius 1 is 1.09 bits per heavy atom. The third-order valence-corrected chi connectivity index (χ3v) is 4.37. The number of halogens is 2. The molecular weight excluding hydrogens is 317 g/mol. The summed E-state index contributed by atoms with van der Waals surface area (Å²) in [6.45, 7) is 3.03.